The van der Waals surface area contributed by atoms with Crippen LogP contribution in [0.1, 0.15) is 103 Å². The number of carbonyl (C=O) groups excluding carboxylic acids is 6. The molecular formula is C40H67N5O16. The number of Topliss-reactive ketones (excluding diaryl/α,β-unsaturated/α-hetero) is 1. The molecule has 2 unspecified atom stereocenters. The number of ketones is 1. The molecule has 21 nitrogen and oxygen atoms in total. The van der Waals surface area contributed by atoms with Crippen molar-refractivity contribution < 1.29 is 77.4 Å². The fourth-order valence-electron chi connectivity index (χ4n) is 6.10. The Bertz CT molecular complexity index is 1370. The molecule has 1 aliphatic carbocycles. The van der Waals surface area contributed by atoms with Crippen molar-refractivity contribution in [3.8, 4) is 0 Å². The highest BCUT2D eigenvalue weighted by atomic mass is 16.5. The van der Waals surface area contributed by atoms with E-state index in [4.69, 9.17) is 24.1 Å². The lowest BCUT2D eigenvalue weighted by atomic mass is 9.81. The van der Waals surface area contributed by atoms with Gasteiger partial charge in [0.05, 0.1) is 33.0 Å². The minimum absolute atomic E-state index is 0.0699. The molecule has 8 N–H and O–H groups in total. The van der Waals surface area contributed by atoms with Crippen LogP contribution in [0.2, 0.25) is 0 Å². The van der Waals surface area contributed by atoms with Crippen molar-refractivity contribution in [3.05, 3.63) is 0 Å². The number of nitrogens with one attached hydrogen (secondary N) is 5. The lowest BCUT2D eigenvalue weighted by Crippen LogP contribution is -2.45. The van der Waals surface area contributed by atoms with Crippen LogP contribution in [0.25, 0.3) is 0 Å². The van der Waals surface area contributed by atoms with E-state index in [1.807, 2.05) is 0 Å². The molecule has 5 amide bonds. The summed E-state index contributed by atoms with van der Waals surface area (Å²) in [5, 5.41) is 40.7. The first kappa shape index (κ1) is 54.3. The van der Waals surface area contributed by atoms with Crippen LogP contribution < -0.4 is 26.6 Å². The lowest BCUT2D eigenvalue weighted by Gasteiger charge is -2.28. The van der Waals surface area contributed by atoms with Gasteiger partial charge in [0.25, 0.3) is 0 Å². The maximum Gasteiger partial charge on any atom is 0.326 e. The molecule has 1 aliphatic rings. The van der Waals surface area contributed by atoms with Crippen molar-refractivity contribution in [2.75, 3.05) is 72.5 Å². The van der Waals surface area contributed by atoms with Gasteiger partial charge in [-0.05, 0) is 70.1 Å². The van der Waals surface area contributed by atoms with E-state index in [2.05, 4.69) is 26.6 Å². The van der Waals surface area contributed by atoms with Gasteiger partial charge in [0.1, 0.15) is 25.3 Å². The molecule has 0 bridgehead atoms. The number of hydrogen-bond donors (Lipinski definition) is 8. The molecular weight excluding hydrogens is 806 g/mol. The van der Waals surface area contributed by atoms with Gasteiger partial charge in [-0.2, -0.15) is 0 Å². The Labute approximate surface area is 356 Å². The third-order valence-electron chi connectivity index (χ3n) is 9.62. The Morgan fingerprint density at radius 1 is 0.541 bits per heavy atom. The van der Waals surface area contributed by atoms with Crippen molar-refractivity contribution in [2.24, 2.45) is 11.8 Å². The van der Waals surface area contributed by atoms with Crippen LogP contribution in [0.4, 0.5) is 0 Å². The molecule has 0 heterocycles. The molecule has 0 spiro atoms. The van der Waals surface area contributed by atoms with Crippen LogP contribution in [0.15, 0.2) is 0 Å². The first-order valence-electron chi connectivity index (χ1n) is 21.1. The lowest BCUT2D eigenvalue weighted by molar-refractivity contribution is -0.143. The van der Waals surface area contributed by atoms with Gasteiger partial charge in [0.15, 0.2) is 5.78 Å². The van der Waals surface area contributed by atoms with Gasteiger partial charge >= 0.3 is 17.9 Å². The number of rotatable bonds is 37. The van der Waals surface area contributed by atoms with Crippen LogP contribution >= 0.6 is 0 Å². The third-order valence-corrected chi connectivity index (χ3v) is 9.62. The molecule has 0 aromatic rings. The Morgan fingerprint density at radius 3 is 1.80 bits per heavy atom. The van der Waals surface area contributed by atoms with Gasteiger partial charge in [-0.15, -0.1) is 0 Å². The second-order valence-corrected chi connectivity index (χ2v) is 14.7. The first-order chi connectivity index (χ1) is 29.2. The van der Waals surface area contributed by atoms with Crippen molar-refractivity contribution in [2.45, 2.75) is 115 Å². The Balaban J connectivity index is 2.04. The fraction of sp³-hybridized carbons (Fsp3) is 0.775. The largest absolute Gasteiger partial charge is 0.481 e. The van der Waals surface area contributed by atoms with E-state index in [9.17, 15) is 53.4 Å². The molecule has 348 valence electrons. The van der Waals surface area contributed by atoms with Gasteiger partial charge in [-0.25, -0.2) is 9.59 Å². The predicted molar refractivity (Wildman–Crippen MR) is 216 cm³/mol. The topological polar surface area (TPSA) is 311 Å². The highest BCUT2D eigenvalue weighted by molar-refractivity contribution is 5.86. The Kier molecular flexibility index (Phi) is 30.2. The normalized spacial score (nSPS) is 15.8. The number of ether oxygens (including phenoxy) is 4. The second kappa shape index (κ2) is 33.9. The van der Waals surface area contributed by atoms with Crippen LogP contribution in [0.5, 0.6) is 0 Å². The van der Waals surface area contributed by atoms with E-state index < -0.39 is 41.8 Å². The number of carbonyl (C=O) groups is 9. The Morgan fingerprint density at radius 2 is 1.15 bits per heavy atom. The number of aliphatic carboxylic acids is 3. The third kappa shape index (κ3) is 29.2. The smallest absolute Gasteiger partial charge is 0.326 e. The molecule has 0 aromatic heterocycles. The standard InChI is InChI=1S/C40H67N5O16/c1-2-33(47)41-17-4-3-8-31(39(54)55)44-36(50)27-61-24-21-58-19-6-7-30(46)26-60-23-22-59-20-18-42-35(49)16-15-32(40(56)57)45-38(53)29-13-11-28(12-14-29)25-43-34(48)9-5-10-37(51)52/h28-29,31-32H,2-27H2,1H3,(H,41,47)(H,42,49)(H,43,48)(H,44,50)(H,45,53)(H,51,52)(H,54,55)(H,56,57). The zero-order chi connectivity index (χ0) is 45.3. The summed E-state index contributed by atoms with van der Waals surface area (Å²) in [5.74, 6) is -5.31. The van der Waals surface area contributed by atoms with Gasteiger partial charge in [0, 0.05) is 64.3 Å². The molecule has 1 rings (SSSR count). The summed E-state index contributed by atoms with van der Waals surface area (Å²) in [5.41, 5.74) is 0. The van der Waals surface area contributed by atoms with E-state index in [1.54, 1.807) is 6.92 Å². The quantitative estimate of drug-likeness (QED) is 0.0390. The van der Waals surface area contributed by atoms with E-state index in [0.717, 1.165) is 0 Å². The average molecular weight is 874 g/mol. The summed E-state index contributed by atoms with van der Waals surface area (Å²) >= 11 is 0. The van der Waals surface area contributed by atoms with Crippen molar-refractivity contribution in [3.63, 3.8) is 0 Å². The molecule has 21 heteroatoms. The zero-order valence-corrected chi connectivity index (χ0v) is 35.3. The molecule has 1 saturated carbocycles. The van der Waals surface area contributed by atoms with Gasteiger partial charge in [0.2, 0.25) is 29.5 Å². The minimum Gasteiger partial charge on any atom is -0.481 e. The van der Waals surface area contributed by atoms with Crippen LogP contribution in [-0.4, -0.2) is 153 Å². The second-order valence-electron chi connectivity index (χ2n) is 14.7. The molecule has 0 aromatic carbocycles. The predicted octanol–water partition coefficient (Wildman–Crippen LogP) is 0.311. The van der Waals surface area contributed by atoms with Crippen molar-refractivity contribution >= 4 is 53.2 Å². The summed E-state index contributed by atoms with van der Waals surface area (Å²) in [6, 6.07) is -2.28. The summed E-state index contributed by atoms with van der Waals surface area (Å²) in [6.45, 7) is 3.41. The molecule has 0 aliphatic heterocycles. The average Bonchev–Trinajstić information content (AvgIpc) is 3.22. The summed E-state index contributed by atoms with van der Waals surface area (Å²) in [6.07, 6.45) is 4.91. The maximum absolute atomic E-state index is 12.8. The van der Waals surface area contributed by atoms with Gasteiger partial charge in [-0.1, -0.05) is 6.92 Å². The van der Waals surface area contributed by atoms with E-state index in [-0.39, 0.29) is 140 Å². The van der Waals surface area contributed by atoms with Crippen LogP contribution in [0, 0.1) is 11.8 Å². The number of amides is 5. The SMILES string of the molecule is CCC(=O)NCCCCC(NC(=O)COCCOCCCC(=O)COCCOCCNC(=O)CCC(NC(=O)C1CCC(CNC(=O)CCCC(=O)O)CC1)C(=O)O)C(=O)O. The first-order valence-corrected chi connectivity index (χ1v) is 21.1. The van der Waals surface area contributed by atoms with Crippen molar-refractivity contribution in [1.82, 2.24) is 26.6 Å². The molecule has 0 saturated heterocycles. The van der Waals surface area contributed by atoms with E-state index in [0.29, 0.717) is 64.5 Å². The molecule has 1 fully saturated rings. The van der Waals surface area contributed by atoms with E-state index >= 15 is 0 Å². The monoisotopic (exact) mass is 873 g/mol. The van der Waals surface area contributed by atoms with Crippen LogP contribution in [0.3, 0.4) is 0 Å². The van der Waals surface area contributed by atoms with E-state index in [1.165, 1.54) is 0 Å². The number of carboxylic acid groups (broad SMARTS) is 3. The highest BCUT2D eigenvalue weighted by Crippen LogP contribution is 2.28. The maximum atomic E-state index is 12.8. The summed E-state index contributed by atoms with van der Waals surface area (Å²) in [7, 11) is 0. The number of hydrogen-bond acceptors (Lipinski definition) is 13. The molecule has 61 heavy (non-hydrogen) atoms. The number of unbranched alkanes of at least 4 members (excludes halogenated alkanes) is 1. The van der Waals surface area contributed by atoms with Crippen molar-refractivity contribution in [1.29, 1.82) is 0 Å². The molecule has 0 radical (unpaired) electrons. The minimum atomic E-state index is -1.24. The zero-order valence-electron chi connectivity index (χ0n) is 35.3. The van der Waals surface area contributed by atoms with Gasteiger partial charge in [-0.3, -0.25) is 33.6 Å². The highest BCUT2D eigenvalue weighted by Gasteiger charge is 2.30. The fourth-order valence-corrected chi connectivity index (χ4v) is 6.10. The Hall–Kier alpha value is -4.73. The summed E-state index contributed by atoms with van der Waals surface area (Å²) < 4.78 is 21.3. The molecule has 2 atom stereocenters. The number of carboxylic acids is 3. The van der Waals surface area contributed by atoms with Crippen LogP contribution in [-0.2, 0) is 62.1 Å². The van der Waals surface area contributed by atoms with Gasteiger partial charge < -0.3 is 60.9 Å². The summed E-state index contributed by atoms with van der Waals surface area (Å²) in [4.78, 5) is 106.